The van der Waals surface area contributed by atoms with Crippen LogP contribution in [0.3, 0.4) is 0 Å². The Morgan fingerprint density at radius 1 is 1.13 bits per heavy atom. The van der Waals surface area contributed by atoms with Gasteiger partial charge in [0.1, 0.15) is 11.2 Å². The Kier molecular flexibility index (Phi) is 4.92. The number of nitrogens with zero attached hydrogens (tertiary/aromatic N) is 2. The molecule has 2 N–H and O–H groups in total. The van der Waals surface area contributed by atoms with Crippen LogP contribution in [0.5, 0.6) is 0 Å². The topological polar surface area (TPSA) is 57.3 Å². The van der Waals surface area contributed by atoms with Gasteiger partial charge < -0.3 is 15.5 Å². The predicted octanol–water partition coefficient (Wildman–Crippen LogP) is 3.49. The van der Waals surface area contributed by atoms with Gasteiger partial charge in [-0.25, -0.2) is 4.98 Å². The largest absolute Gasteiger partial charge is 0.411 e. The number of carbonyl (C=O) groups is 1. The fraction of sp³-hybridized carbons (Fsp3) is 0.478. The Bertz CT molecular complexity index is 938. The maximum atomic E-state index is 13.0. The number of pyridine rings is 1. The van der Waals surface area contributed by atoms with E-state index in [-0.39, 0.29) is 18.5 Å². The standard InChI is InChI=1S/C23H25F3N4O/c24-23(25,26)22(8-9-22)29-21(31)19-7-6-17(12-28-19)30-13-15(14-30)11-27-20-10-18(20)16-4-2-1-3-5-16/h1-7,12,15,18,20,27H,8-11,13-14H2,(H,29,31)/t18-,20+/m0/s1. The Morgan fingerprint density at radius 3 is 2.48 bits per heavy atom. The van der Waals surface area contributed by atoms with Crippen LogP contribution in [-0.4, -0.2) is 48.3 Å². The molecule has 3 fully saturated rings. The molecule has 1 amide bonds. The number of halogens is 3. The minimum absolute atomic E-state index is 0.0127. The molecule has 0 spiro atoms. The maximum absolute atomic E-state index is 13.0. The summed E-state index contributed by atoms with van der Waals surface area (Å²) in [6.07, 6.45) is -1.82. The molecule has 5 rings (SSSR count). The molecule has 0 unspecified atom stereocenters. The van der Waals surface area contributed by atoms with Crippen molar-refractivity contribution >= 4 is 11.6 Å². The molecule has 1 aromatic heterocycles. The molecule has 2 atom stereocenters. The molecule has 5 nitrogen and oxygen atoms in total. The number of benzene rings is 1. The van der Waals surface area contributed by atoms with Crippen LogP contribution in [0.1, 0.15) is 41.2 Å². The molecule has 1 aromatic carbocycles. The van der Waals surface area contributed by atoms with E-state index >= 15 is 0 Å². The van der Waals surface area contributed by atoms with Gasteiger partial charge in [0.2, 0.25) is 0 Å². The van der Waals surface area contributed by atoms with E-state index in [0.29, 0.717) is 17.9 Å². The van der Waals surface area contributed by atoms with E-state index in [4.69, 9.17) is 0 Å². The first-order valence-electron chi connectivity index (χ1n) is 10.7. The Morgan fingerprint density at radius 2 is 1.87 bits per heavy atom. The van der Waals surface area contributed by atoms with E-state index in [2.05, 4.69) is 44.8 Å². The first kappa shape index (κ1) is 20.3. The first-order chi connectivity index (χ1) is 14.8. The molecule has 164 valence electrons. The normalized spacial score (nSPS) is 24.4. The zero-order valence-corrected chi connectivity index (χ0v) is 17.0. The highest BCUT2D eigenvalue weighted by Crippen LogP contribution is 2.49. The van der Waals surface area contributed by atoms with Crippen LogP contribution >= 0.6 is 0 Å². The van der Waals surface area contributed by atoms with E-state index in [1.54, 1.807) is 12.3 Å². The average molecular weight is 430 g/mol. The van der Waals surface area contributed by atoms with Gasteiger partial charge in [0.05, 0.1) is 11.9 Å². The van der Waals surface area contributed by atoms with Gasteiger partial charge >= 0.3 is 6.18 Å². The van der Waals surface area contributed by atoms with Gasteiger partial charge in [0.15, 0.2) is 0 Å². The molecule has 2 saturated carbocycles. The van der Waals surface area contributed by atoms with Crippen LogP contribution < -0.4 is 15.5 Å². The molecule has 2 heterocycles. The molecule has 2 aliphatic carbocycles. The highest BCUT2D eigenvalue weighted by Gasteiger charge is 2.64. The highest BCUT2D eigenvalue weighted by atomic mass is 19.4. The molecule has 0 radical (unpaired) electrons. The van der Waals surface area contributed by atoms with Crippen molar-refractivity contribution in [2.45, 2.75) is 42.9 Å². The van der Waals surface area contributed by atoms with Crippen LogP contribution in [0.2, 0.25) is 0 Å². The van der Waals surface area contributed by atoms with Gasteiger partial charge in [0.25, 0.3) is 5.91 Å². The highest BCUT2D eigenvalue weighted by molar-refractivity contribution is 5.93. The van der Waals surface area contributed by atoms with E-state index in [0.717, 1.165) is 25.3 Å². The summed E-state index contributed by atoms with van der Waals surface area (Å²) in [6, 6.07) is 14.4. The van der Waals surface area contributed by atoms with Gasteiger partial charge in [-0.3, -0.25) is 4.79 Å². The fourth-order valence-corrected chi connectivity index (χ4v) is 4.31. The van der Waals surface area contributed by atoms with E-state index < -0.39 is 17.6 Å². The molecular weight excluding hydrogens is 405 g/mol. The quantitative estimate of drug-likeness (QED) is 0.706. The number of carbonyl (C=O) groups excluding carboxylic acids is 1. The summed E-state index contributed by atoms with van der Waals surface area (Å²) in [7, 11) is 0. The second kappa shape index (κ2) is 7.51. The molecule has 8 heteroatoms. The van der Waals surface area contributed by atoms with Crippen molar-refractivity contribution in [3.8, 4) is 0 Å². The lowest BCUT2D eigenvalue weighted by Crippen LogP contribution is -2.51. The summed E-state index contributed by atoms with van der Waals surface area (Å²) in [4.78, 5) is 18.4. The molecule has 1 aliphatic heterocycles. The third kappa shape index (κ3) is 4.13. The Labute approximate surface area is 179 Å². The van der Waals surface area contributed by atoms with E-state index in [9.17, 15) is 18.0 Å². The Hall–Kier alpha value is -2.61. The molecule has 31 heavy (non-hydrogen) atoms. The SMILES string of the molecule is O=C(NC1(C(F)(F)F)CC1)c1ccc(N2CC(CN[C@@H]3C[C@H]3c3ccccc3)C2)cn1. The van der Waals surface area contributed by atoms with Crippen LogP contribution in [0, 0.1) is 5.92 Å². The zero-order chi connectivity index (χ0) is 21.6. The van der Waals surface area contributed by atoms with Crippen molar-refractivity contribution in [1.82, 2.24) is 15.6 Å². The molecule has 1 saturated heterocycles. The monoisotopic (exact) mass is 430 g/mol. The van der Waals surface area contributed by atoms with E-state index in [1.165, 1.54) is 18.1 Å². The van der Waals surface area contributed by atoms with Gasteiger partial charge in [-0.05, 0) is 37.0 Å². The number of amides is 1. The van der Waals surface area contributed by atoms with Crippen LogP contribution in [0.4, 0.5) is 18.9 Å². The lowest BCUT2D eigenvalue weighted by Gasteiger charge is -2.41. The maximum Gasteiger partial charge on any atom is 0.411 e. The lowest BCUT2D eigenvalue weighted by molar-refractivity contribution is -0.163. The average Bonchev–Trinajstić information content (AvgIpc) is 3.63. The third-order valence-corrected chi connectivity index (χ3v) is 6.64. The first-order valence-corrected chi connectivity index (χ1v) is 10.7. The van der Waals surface area contributed by atoms with Crippen LogP contribution in [0.25, 0.3) is 0 Å². The number of aromatic nitrogens is 1. The summed E-state index contributed by atoms with van der Waals surface area (Å²) in [5.74, 6) is 0.401. The summed E-state index contributed by atoms with van der Waals surface area (Å²) in [5.41, 5.74) is 0.230. The second-order valence-electron chi connectivity index (χ2n) is 8.97. The van der Waals surface area contributed by atoms with Crippen molar-refractivity contribution in [2.75, 3.05) is 24.5 Å². The minimum atomic E-state index is -4.43. The van der Waals surface area contributed by atoms with Crippen molar-refractivity contribution in [3.05, 3.63) is 59.9 Å². The van der Waals surface area contributed by atoms with Gasteiger partial charge in [-0.15, -0.1) is 0 Å². The molecule has 3 aliphatic rings. The zero-order valence-electron chi connectivity index (χ0n) is 17.0. The van der Waals surface area contributed by atoms with Gasteiger partial charge in [0, 0.05) is 37.5 Å². The predicted molar refractivity (Wildman–Crippen MR) is 111 cm³/mol. The number of rotatable bonds is 7. The fourth-order valence-electron chi connectivity index (χ4n) is 4.31. The van der Waals surface area contributed by atoms with Crippen molar-refractivity contribution in [2.24, 2.45) is 5.92 Å². The van der Waals surface area contributed by atoms with Gasteiger partial charge in [-0.2, -0.15) is 13.2 Å². The van der Waals surface area contributed by atoms with Crippen molar-refractivity contribution in [3.63, 3.8) is 0 Å². The summed E-state index contributed by atoms with van der Waals surface area (Å²) < 4.78 is 39.0. The smallest absolute Gasteiger partial charge is 0.369 e. The molecule has 2 aromatic rings. The molecule has 0 bridgehead atoms. The number of hydrogen-bond acceptors (Lipinski definition) is 4. The van der Waals surface area contributed by atoms with Crippen molar-refractivity contribution < 1.29 is 18.0 Å². The van der Waals surface area contributed by atoms with Crippen LogP contribution in [-0.2, 0) is 0 Å². The van der Waals surface area contributed by atoms with E-state index in [1.807, 2.05) is 6.07 Å². The van der Waals surface area contributed by atoms with Crippen LogP contribution in [0.15, 0.2) is 48.7 Å². The minimum Gasteiger partial charge on any atom is -0.369 e. The number of hydrogen-bond donors (Lipinski definition) is 2. The number of anilines is 1. The number of alkyl halides is 3. The summed E-state index contributed by atoms with van der Waals surface area (Å²) >= 11 is 0. The Balaban J connectivity index is 1.06. The lowest BCUT2D eigenvalue weighted by atomic mass is 9.99. The second-order valence-corrected chi connectivity index (χ2v) is 8.97. The summed E-state index contributed by atoms with van der Waals surface area (Å²) in [6.45, 7) is 2.78. The van der Waals surface area contributed by atoms with Gasteiger partial charge in [-0.1, -0.05) is 30.3 Å². The van der Waals surface area contributed by atoms with Crippen molar-refractivity contribution in [1.29, 1.82) is 0 Å². The number of nitrogens with one attached hydrogen (secondary N) is 2. The third-order valence-electron chi connectivity index (χ3n) is 6.64. The summed E-state index contributed by atoms with van der Waals surface area (Å²) in [5, 5.41) is 5.76. The molecular formula is C23H25F3N4O.